The van der Waals surface area contributed by atoms with Crippen LogP contribution in [0.3, 0.4) is 0 Å². The number of halogens is 2. The van der Waals surface area contributed by atoms with E-state index in [-0.39, 0.29) is 17.4 Å². The van der Waals surface area contributed by atoms with Crippen molar-refractivity contribution < 1.29 is 9.18 Å². The summed E-state index contributed by atoms with van der Waals surface area (Å²) in [5.74, 6) is 0.187. The highest BCUT2D eigenvalue weighted by Gasteiger charge is 2.25. The number of rotatable bonds is 3. The third-order valence-electron chi connectivity index (χ3n) is 5.39. The summed E-state index contributed by atoms with van der Waals surface area (Å²) in [4.78, 5) is 24.3. The fraction of sp³-hybridized carbons (Fsp3) is 0.292. The average Bonchev–Trinajstić information content (AvgIpc) is 2.96. The minimum Gasteiger partial charge on any atom is -0.338 e. The molecule has 1 amide bonds. The molecule has 2 heterocycles. The standard InChI is InChI=1S/C24H23ClFN3O/c1-15(2)23-27-21-12-14-29(24(30)18-5-3-4-6-20(18)26)13-11-19(21)22(28-23)16-7-9-17(25)10-8-16/h3-10,15H,11-14H2,1-2H3. The number of fused-ring (bicyclic) bond motifs is 1. The van der Waals surface area contributed by atoms with Gasteiger partial charge in [-0.2, -0.15) is 0 Å². The first-order valence-electron chi connectivity index (χ1n) is 10.1. The van der Waals surface area contributed by atoms with Crippen molar-refractivity contribution in [2.45, 2.75) is 32.6 Å². The van der Waals surface area contributed by atoms with Crippen LogP contribution in [0.25, 0.3) is 11.3 Å². The monoisotopic (exact) mass is 423 g/mol. The molecule has 0 aliphatic carbocycles. The minimum absolute atomic E-state index is 0.107. The van der Waals surface area contributed by atoms with Crippen molar-refractivity contribution in [1.82, 2.24) is 14.9 Å². The predicted molar refractivity (Wildman–Crippen MR) is 116 cm³/mol. The van der Waals surface area contributed by atoms with E-state index in [1.807, 2.05) is 24.3 Å². The SMILES string of the molecule is CC(C)c1nc2c(c(-c3ccc(Cl)cc3)n1)CCN(C(=O)c1ccccc1F)CC2. The largest absolute Gasteiger partial charge is 0.338 e. The van der Waals surface area contributed by atoms with Gasteiger partial charge in [-0.1, -0.05) is 49.7 Å². The van der Waals surface area contributed by atoms with Crippen molar-refractivity contribution in [3.8, 4) is 11.3 Å². The summed E-state index contributed by atoms with van der Waals surface area (Å²) in [6.07, 6.45) is 1.23. The van der Waals surface area contributed by atoms with Gasteiger partial charge in [-0.15, -0.1) is 0 Å². The molecule has 1 aliphatic heterocycles. The molecule has 0 spiro atoms. The van der Waals surface area contributed by atoms with E-state index in [4.69, 9.17) is 21.6 Å². The van der Waals surface area contributed by atoms with Crippen LogP contribution >= 0.6 is 11.6 Å². The van der Waals surface area contributed by atoms with Crippen LogP contribution in [0.15, 0.2) is 48.5 Å². The molecule has 1 aliphatic rings. The predicted octanol–water partition coefficient (Wildman–Crippen LogP) is 5.30. The Morgan fingerprint density at radius 1 is 1.03 bits per heavy atom. The van der Waals surface area contributed by atoms with Crippen LogP contribution in [0.4, 0.5) is 4.39 Å². The lowest BCUT2D eigenvalue weighted by atomic mass is 10.00. The molecule has 3 aromatic rings. The lowest BCUT2D eigenvalue weighted by Gasteiger charge is -2.20. The Bertz CT molecular complexity index is 1080. The summed E-state index contributed by atoms with van der Waals surface area (Å²) >= 11 is 6.07. The fourth-order valence-corrected chi connectivity index (χ4v) is 3.86. The molecule has 2 aromatic carbocycles. The van der Waals surface area contributed by atoms with Crippen LogP contribution in [0, 0.1) is 5.82 Å². The lowest BCUT2D eigenvalue weighted by Crippen LogP contribution is -2.33. The minimum atomic E-state index is -0.493. The summed E-state index contributed by atoms with van der Waals surface area (Å²) in [6, 6.07) is 13.7. The molecule has 0 radical (unpaired) electrons. The maximum Gasteiger partial charge on any atom is 0.256 e. The van der Waals surface area contributed by atoms with E-state index in [0.29, 0.717) is 31.0 Å². The van der Waals surface area contributed by atoms with Crippen molar-refractivity contribution in [2.75, 3.05) is 13.1 Å². The maximum absolute atomic E-state index is 14.1. The molecule has 154 valence electrons. The van der Waals surface area contributed by atoms with E-state index in [2.05, 4.69) is 13.8 Å². The van der Waals surface area contributed by atoms with Crippen LogP contribution in [-0.4, -0.2) is 33.9 Å². The van der Waals surface area contributed by atoms with Gasteiger partial charge in [0.2, 0.25) is 0 Å². The molecule has 0 saturated carbocycles. The van der Waals surface area contributed by atoms with Crippen LogP contribution in [0.1, 0.15) is 47.2 Å². The maximum atomic E-state index is 14.1. The van der Waals surface area contributed by atoms with Crippen molar-refractivity contribution in [2.24, 2.45) is 0 Å². The van der Waals surface area contributed by atoms with Crippen LogP contribution in [0.2, 0.25) is 5.02 Å². The Labute approximate surface area is 180 Å². The highest BCUT2D eigenvalue weighted by atomic mass is 35.5. The molecule has 0 saturated heterocycles. The molecule has 0 atom stereocenters. The summed E-state index contributed by atoms with van der Waals surface area (Å²) < 4.78 is 14.1. The van der Waals surface area contributed by atoms with E-state index >= 15 is 0 Å². The van der Waals surface area contributed by atoms with Gasteiger partial charge >= 0.3 is 0 Å². The summed E-state index contributed by atoms with van der Waals surface area (Å²) in [5, 5.41) is 0.671. The Kier molecular flexibility index (Phi) is 5.82. The number of aromatic nitrogens is 2. The molecule has 0 unspecified atom stereocenters. The van der Waals surface area contributed by atoms with E-state index in [9.17, 15) is 9.18 Å². The van der Waals surface area contributed by atoms with Crippen molar-refractivity contribution in [3.63, 3.8) is 0 Å². The van der Waals surface area contributed by atoms with Gasteiger partial charge in [-0.05, 0) is 30.7 Å². The first-order chi connectivity index (χ1) is 14.4. The zero-order valence-corrected chi connectivity index (χ0v) is 17.8. The number of benzene rings is 2. The zero-order valence-electron chi connectivity index (χ0n) is 17.0. The van der Waals surface area contributed by atoms with Gasteiger partial charge in [-0.25, -0.2) is 14.4 Å². The Morgan fingerprint density at radius 2 is 1.73 bits per heavy atom. The Balaban J connectivity index is 1.70. The molecule has 0 fully saturated rings. The van der Waals surface area contributed by atoms with Crippen molar-refractivity contribution >= 4 is 17.5 Å². The molecule has 4 nitrogen and oxygen atoms in total. The average molecular weight is 424 g/mol. The van der Waals surface area contributed by atoms with Gasteiger partial charge in [-0.3, -0.25) is 4.79 Å². The molecule has 6 heteroatoms. The topological polar surface area (TPSA) is 46.1 Å². The molecule has 0 bridgehead atoms. The highest BCUT2D eigenvalue weighted by Crippen LogP contribution is 2.29. The first-order valence-corrected chi connectivity index (χ1v) is 10.5. The number of hydrogen-bond donors (Lipinski definition) is 0. The number of carbonyl (C=O) groups excluding carboxylic acids is 1. The number of nitrogens with zero attached hydrogens (tertiary/aromatic N) is 3. The van der Waals surface area contributed by atoms with Crippen LogP contribution < -0.4 is 0 Å². The number of hydrogen-bond acceptors (Lipinski definition) is 3. The summed E-state index contributed by atoms with van der Waals surface area (Å²) in [5.41, 5.74) is 3.98. The van der Waals surface area contributed by atoms with Gasteiger partial charge in [0.15, 0.2) is 0 Å². The second-order valence-electron chi connectivity index (χ2n) is 7.79. The quantitative estimate of drug-likeness (QED) is 0.574. The molecular weight excluding hydrogens is 401 g/mol. The van der Waals surface area contributed by atoms with Crippen molar-refractivity contribution in [1.29, 1.82) is 0 Å². The van der Waals surface area contributed by atoms with Crippen LogP contribution in [-0.2, 0) is 12.8 Å². The van der Waals surface area contributed by atoms with Gasteiger partial charge in [0, 0.05) is 47.3 Å². The number of carbonyl (C=O) groups is 1. The first kappa shape index (κ1) is 20.5. The van der Waals surface area contributed by atoms with E-state index in [1.54, 1.807) is 17.0 Å². The zero-order chi connectivity index (χ0) is 21.3. The van der Waals surface area contributed by atoms with E-state index in [0.717, 1.165) is 28.3 Å². The molecule has 4 rings (SSSR count). The van der Waals surface area contributed by atoms with Gasteiger partial charge < -0.3 is 4.90 Å². The lowest BCUT2D eigenvalue weighted by molar-refractivity contribution is 0.0758. The summed E-state index contributed by atoms with van der Waals surface area (Å²) in [6.45, 7) is 5.12. The second-order valence-corrected chi connectivity index (χ2v) is 8.23. The second kappa shape index (κ2) is 8.52. The van der Waals surface area contributed by atoms with E-state index in [1.165, 1.54) is 12.1 Å². The summed E-state index contributed by atoms with van der Waals surface area (Å²) in [7, 11) is 0. The van der Waals surface area contributed by atoms with Crippen LogP contribution in [0.5, 0.6) is 0 Å². The fourth-order valence-electron chi connectivity index (χ4n) is 3.73. The van der Waals surface area contributed by atoms with Gasteiger partial charge in [0.1, 0.15) is 11.6 Å². The van der Waals surface area contributed by atoms with Crippen molar-refractivity contribution in [3.05, 3.63) is 82.0 Å². The smallest absolute Gasteiger partial charge is 0.256 e. The van der Waals surface area contributed by atoms with E-state index < -0.39 is 5.82 Å². The molecule has 1 aromatic heterocycles. The molecule has 30 heavy (non-hydrogen) atoms. The van der Waals surface area contributed by atoms with Gasteiger partial charge in [0.05, 0.1) is 11.3 Å². The number of amides is 1. The van der Waals surface area contributed by atoms with Gasteiger partial charge in [0.25, 0.3) is 5.91 Å². The normalized spacial score (nSPS) is 13.8. The molecule has 0 N–H and O–H groups in total. The third-order valence-corrected chi connectivity index (χ3v) is 5.64. The molecular formula is C24H23ClFN3O. The third kappa shape index (κ3) is 4.08. The Morgan fingerprint density at radius 3 is 2.43 bits per heavy atom. The Hall–Kier alpha value is -2.79. The highest BCUT2D eigenvalue weighted by molar-refractivity contribution is 6.30.